The zero-order chi connectivity index (χ0) is 16.2. The summed E-state index contributed by atoms with van der Waals surface area (Å²) in [5.41, 5.74) is 0.878. The van der Waals surface area contributed by atoms with Crippen molar-refractivity contribution in [1.82, 2.24) is 0 Å². The van der Waals surface area contributed by atoms with E-state index in [-0.39, 0.29) is 0 Å². The van der Waals surface area contributed by atoms with Gasteiger partial charge in [-0.2, -0.15) is 0 Å². The van der Waals surface area contributed by atoms with Gasteiger partial charge in [0.15, 0.2) is 0 Å². The van der Waals surface area contributed by atoms with E-state index in [2.05, 4.69) is 34.6 Å². The van der Waals surface area contributed by atoms with Gasteiger partial charge in [-0.25, -0.2) is 0 Å². The molecule has 0 spiro atoms. The van der Waals surface area contributed by atoms with Gasteiger partial charge in [-0.15, -0.1) is 0 Å². The van der Waals surface area contributed by atoms with Gasteiger partial charge < -0.3 is 9.84 Å². The van der Waals surface area contributed by atoms with Gasteiger partial charge in [0.1, 0.15) is 0 Å². The summed E-state index contributed by atoms with van der Waals surface area (Å²) in [4.78, 5) is 0. The Kier molecular flexibility index (Phi) is 11.4. The molecule has 0 saturated carbocycles. The van der Waals surface area contributed by atoms with Crippen LogP contribution in [0.2, 0.25) is 0 Å². The van der Waals surface area contributed by atoms with Crippen molar-refractivity contribution in [2.24, 2.45) is 10.8 Å². The average molecular weight is 301 g/mol. The van der Waals surface area contributed by atoms with E-state index < -0.39 is 0 Å². The normalized spacial score (nSPS) is 12.9. The first kappa shape index (κ1) is 20.9. The fourth-order valence-electron chi connectivity index (χ4n) is 2.61. The third-order valence-corrected chi connectivity index (χ3v) is 4.12. The minimum Gasteiger partial charge on any atom is -0.396 e. The largest absolute Gasteiger partial charge is 0.396 e. The van der Waals surface area contributed by atoms with E-state index in [0.29, 0.717) is 17.4 Å². The molecule has 2 heteroatoms. The molecule has 0 atom stereocenters. The maximum Gasteiger partial charge on any atom is 0.0466 e. The molecule has 0 radical (unpaired) electrons. The Morgan fingerprint density at radius 3 is 1.62 bits per heavy atom. The molecule has 0 aromatic rings. The molecule has 0 rings (SSSR count). The van der Waals surface area contributed by atoms with Gasteiger partial charge in [0, 0.05) is 19.8 Å². The minimum atomic E-state index is 0.332. The summed E-state index contributed by atoms with van der Waals surface area (Å²) >= 11 is 0. The van der Waals surface area contributed by atoms with E-state index in [0.717, 1.165) is 26.1 Å². The molecule has 0 bridgehead atoms. The van der Waals surface area contributed by atoms with Gasteiger partial charge in [0.2, 0.25) is 0 Å². The zero-order valence-corrected chi connectivity index (χ0v) is 15.3. The third-order valence-electron chi connectivity index (χ3n) is 4.12. The second kappa shape index (κ2) is 11.5. The maximum atomic E-state index is 8.83. The van der Waals surface area contributed by atoms with Crippen LogP contribution in [-0.4, -0.2) is 24.9 Å². The smallest absolute Gasteiger partial charge is 0.0466 e. The number of aliphatic hydroxyl groups excluding tert-OH is 1. The maximum absolute atomic E-state index is 8.83. The SMILES string of the molecule is CC(C)(C)CCCCOCCCCC(C)(C)CCCCO. The fraction of sp³-hybridized carbons (Fsp3) is 1.00. The summed E-state index contributed by atoms with van der Waals surface area (Å²) in [5, 5.41) is 8.83. The highest BCUT2D eigenvalue weighted by atomic mass is 16.5. The highest BCUT2D eigenvalue weighted by Gasteiger charge is 2.16. The van der Waals surface area contributed by atoms with Crippen LogP contribution in [0.4, 0.5) is 0 Å². The number of ether oxygens (including phenoxy) is 1. The van der Waals surface area contributed by atoms with Gasteiger partial charge in [-0.1, -0.05) is 53.9 Å². The van der Waals surface area contributed by atoms with Crippen molar-refractivity contribution < 1.29 is 9.84 Å². The number of hydrogen-bond acceptors (Lipinski definition) is 2. The Hall–Kier alpha value is -0.0800. The second-order valence-electron chi connectivity index (χ2n) is 8.43. The Bertz CT molecular complexity index is 228. The molecule has 0 unspecified atom stereocenters. The highest BCUT2D eigenvalue weighted by Crippen LogP contribution is 2.29. The molecule has 0 fully saturated rings. The van der Waals surface area contributed by atoms with Crippen molar-refractivity contribution in [2.75, 3.05) is 19.8 Å². The van der Waals surface area contributed by atoms with E-state index in [9.17, 15) is 0 Å². The molecule has 128 valence electrons. The van der Waals surface area contributed by atoms with E-state index >= 15 is 0 Å². The van der Waals surface area contributed by atoms with Crippen LogP contribution >= 0.6 is 0 Å². The first-order chi connectivity index (χ1) is 9.77. The lowest BCUT2D eigenvalue weighted by Gasteiger charge is -2.24. The predicted octanol–water partition coefficient (Wildman–Crippen LogP) is 5.58. The molecule has 0 aromatic heterocycles. The Morgan fingerprint density at radius 2 is 1.14 bits per heavy atom. The first-order valence-corrected chi connectivity index (χ1v) is 8.95. The summed E-state index contributed by atoms with van der Waals surface area (Å²) in [6.45, 7) is 13.8. The van der Waals surface area contributed by atoms with Gasteiger partial charge in [0.25, 0.3) is 0 Å². The van der Waals surface area contributed by atoms with Crippen LogP contribution < -0.4 is 0 Å². The molecule has 0 heterocycles. The fourth-order valence-corrected chi connectivity index (χ4v) is 2.61. The van der Waals surface area contributed by atoms with E-state index in [1.807, 2.05) is 0 Å². The lowest BCUT2D eigenvalue weighted by Crippen LogP contribution is -2.12. The van der Waals surface area contributed by atoms with E-state index in [4.69, 9.17) is 9.84 Å². The number of hydrogen-bond donors (Lipinski definition) is 1. The van der Waals surface area contributed by atoms with E-state index in [1.165, 1.54) is 44.9 Å². The van der Waals surface area contributed by atoms with Crippen molar-refractivity contribution in [2.45, 2.75) is 92.4 Å². The van der Waals surface area contributed by atoms with Crippen LogP contribution in [0.5, 0.6) is 0 Å². The van der Waals surface area contributed by atoms with Gasteiger partial charge >= 0.3 is 0 Å². The summed E-state index contributed by atoms with van der Waals surface area (Å²) in [6.07, 6.45) is 10.8. The molecule has 21 heavy (non-hydrogen) atoms. The molecule has 0 aliphatic carbocycles. The lowest BCUT2D eigenvalue weighted by atomic mass is 9.82. The number of unbranched alkanes of at least 4 members (excludes halogenated alkanes) is 3. The van der Waals surface area contributed by atoms with Gasteiger partial charge in [-0.05, 0) is 49.4 Å². The van der Waals surface area contributed by atoms with Crippen molar-refractivity contribution in [3.63, 3.8) is 0 Å². The second-order valence-corrected chi connectivity index (χ2v) is 8.43. The minimum absolute atomic E-state index is 0.332. The molecule has 1 N–H and O–H groups in total. The van der Waals surface area contributed by atoms with Crippen LogP contribution in [-0.2, 0) is 4.74 Å². The Labute approximate surface area is 133 Å². The quantitative estimate of drug-likeness (QED) is 0.450. The Balaban J connectivity index is 3.35. The van der Waals surface area contributed by atoms with Crippen LogP contribution in [0.25, 0.3) is 0 Å². The summed E-state index contributed by atoms with van der Waals surface area (Å²) in [6, 6.07) is 0. The average Bonchev–Trinajstić information content (AvgIpc) is 2.35. The molecule has 0 saturated heterocycles. The van der Waals surface area contributed by atoms with Gasteiger partial charge in [0.05, 0.1) is 0 Å². The topological polar surface area (TPSA) is 29.5 Å². The molecular formula is C19H40O2. The van der Waals surface area contributed by atoms with Crippen LogP contribution in [0.1, 0.15) is 92.4 Å². The van der Waals surface area contributed by atoms with Crippen LogP contribution in [0.15, 0.2) is 0 Å². The standard InChI is InChI=1S/C19H40O2/c1-18(2,3)12-7-10-16-21-17-11-8-14-19(4,5)13-6-9-15-20/h20H,6-17H2,1-5H3. The molecule has 0 amide bonds. The summed E-state index contributed by atoms with van der Waals surface area (Å²) < 4.78 is 5.73. The lowest BCUT2D eigenvalue weighted by molar-refractivity contribution is 0.120. The van der Waals surface area contributed by atoms with Crippen LogP contribution in [0, 0.1) is 10.8 Å². The van der Waals surface area contributed by atoms with Crippen LogP contribution in [0.3, 0.4) is 0 Å². The summed E-state index contributed by atoms with van der Waals surface area (Å²) in [5.74, 6) is 0. The summed E-state index contributed by atoms with van der Waals surface area (Å²) in [7, 11) is 0. The monoisotopic (exact) mass is 300 g/mol. The van der Waals surface area contributed by atoms with Crippen molar-refractivity contribution in [3.8, 4) is 0 Å². The third kappa shape index (κ3) is 16.1. The predicted molar refractivity (Wildman–Crippen MR) is 92.7 cm³/mol. The molecule has 0 aromatic carbocycles. The zero-order valence-electron chi connectivity index (χ0n) is 15.3. The molecule has 0 aliphatic rings. The number of aliphatic hydroxyl groups is 1. The number of rotatable bonds is 13. The first-order valence-electron chi connectivity index (χ1n) is 8.95. The van der Waals surface area contributed by atoms with Crippen molar-refractivity contribution >= 4 is 0 Å². The van der Waals surface area contributed by atoms with Crippen molar-refractivity contribution in [3.05, 3.63) is 0 Å². The molecule has 0 aliphatic heterocycles. The highest BCUT2D eigenvalue weighted by molar-refractivity contribution is 4.68. The van der Waals surface area contributed by atoms with E-state index in [1.54, 1.807) is 0 Å². The Morgan fingerprint density at radius 1 is 0.667 bits per heavy atom. The molecular weight excluding hydrogens is 260 g/mol. The van der Waals surface area contributed by atoms with Gasteiger partial charge in [-0.3, -0.25) is 0 Å². The molecule has 2 nitrogen and oxygen atoms in total. The van der Waals surface area contributed by atoms with Crippen molar-refractivity contribution in [1.29, 1.82) is 0 Å².